The summed E-state index contributed by atoms with van der Waals surface area (Å²) < 4.78 is 0. The first kappa shape index (κ1) is 20.0. The highest BCUT2D eigenvalue weighted by molar-refractivity contribution is 5.25. The van der Waals surface area contributed by atoms with Crippen LogP contribution in [-0.4, -0.2) is 11.2 Å². The van der Waals surface area contributed by atoms with Crippen molar-refractivity contribution in [3.63, 3.8) is 0 Å². The van der Waals surface area contributed by atoms with Gasteiger partial charge in [0, 0.05) is 0 Å². The second-order valence-corrected chi connectivity index (χ2v) is 11.7. The highest BCUT2D eigenvalue weighted by atomic mass is 16.3. The Labute approximate surface area is 168 Å². The number of aliphatic hydroxyl groups is 1. The van der Waals surface area contributed by atoms with Gasteiger partial charge >= 0.3 is 0 Å². The highest BCUT2D eigenvalue weighted by Crippen LogP contribution is 2.66. The van der Waals surface area contributed by atoms with Crippen LogP contribution in [0.5, 0.6) is 0 Å². The summed E-state index contributed by atoms with van der Waals surface area (Å²) in [5.74, 6) is 4.64. The normalized spacial score (nSPS) is 46.6. The zero-order valence-corrected chi connectivity index (χ0v) is 18.5. The zero-order valence-electron chi connectivity index (χ0n) is 18.5. The summed E-state index contributed by atoms with van der Waals surface area (Å²) in [5.41, 5.74) is 2.64. The fraction of sp³-hybridized carbons (Fsp3) is 0.923. The quantitative estimate of drug-likeness (QED) is 0.401. The first-order valence-electron chi connectivity index (χ1n) is 12.2. The highest BCUT2D eigenvalue weighted by Gasteiger charge is 2.58. The maximum absolute atomic E-state index is 10.2. The van der Waals surface area contributed by atoms with Gasteiger partial charge in [-0.1, -0.05) is 58.6 Å². The lowest BCUT2D eigenvalue weighted by Gasteiger charge is -2.58. The third-order valence-corrected chi connectivity index (χ3v) is 9.86. The Bertz CT molecular complexity index is 563. The van der Waals surface area contributed by atoms with Gasteiger partial charge in [0.25, 0.3) is 0 Å². The van der Waals surface area contributed by atoms with Gasteiger partial charge < -0.3 is 5.11 Å². The van der Waals surface area contributed by atoms with Crippen LogP contribution in [0.15, 0.2) is 11.6 Å². The van der Waals surface area contributed by atoms with Crippen molar-refractivity contribution in [1.29, 1.82) is 0 Å². The fourth-order valence-electron chi connectivity index (χ4n) is 8.17. The largest absolute Gasteiger partial charge is 0.393 e. The summed E-state index contributed by atoms with van der Waals surface area (Å²) in [7, 11) is 0. The number of unbranched alkanes of at least 4 members (excludes halogenated alkanes) is 1. The van der Waals surface area contributed by atoms with E-state index in [1.165, 1.54) is 64.2 Å². The van der Waals surface area contributed by atoms with Crippen LogP contribution in [0.2, 0.25) is 0 Å². The van der Waals surface area contributed by atoms with Crippen LogP contribution in [0.25, 0.3) is 0 Å². The van der Waals surface area contributed by atoms with Gasteiger partial charge in [0.2, 0.25) is 0 Å². The number of fused-ring (bicyclic) bond motifs is 5. The van der Waals surface area contributed by atoms with E-state index in [4.69, 9.17) is 0 Å². The molecule has 3 saturated carbocycles. The summed E-state index contributed by atoms with van der Waals surface area (Å²) in [5, 5.41) is 10.2. The Kier molecular flexibility index (Phi) is 5.56. The molecule has 27 heavy (non-hydrogen) atoms. The third kappa shape index (κ3) is 3.45. The summed E-state index contributed by atoms with van der Waals surface area (Å²) >= 11 is 0. The number of hydrogen-bond acceptors (Lipinski definition) is 1. The molecule has 0 aromatic heterocycles. The van der Waals surface area contributed by atoms with E-state index >= 15 is 0 Å². The van der Waals surface area contributed by atoms with Crippen molar-refractivity contribution in [3.8, 4) is 0 Å². The van der Waals surface area contributed by atoms with E-state index in [2.05, 4.69) is 33.8 Å². The van der Waals surface area contributed by atoms with Crippen molar-refractivity contribution in [2.75, 3.05) is 0 Å². The van der Waals surface area contributed by atoms with Crippen LogP contribution >= 0.6 is 0 Å². The molecular weight excluding hydrogens is 328 g/mol. The molecule has 1 unspecified atom stereocenters. The van der Waals surface area contributed by atoms with Gasteiger partial charge in [-0.2, -0.15) is 0 Å². The molecule has 3 fully saturated rings. The Morgan fingerprint density at radius 3 is 2.63 bits per heavy atom. The predicted molar refractivity (Wildman–Crippen MR) is 115 cm³/mol. The minimum absolute atomic E-state index is 0.0727. The van der Waals surface area contributed by atoms with Crippen molar-refractivity contribution in [3.05, 3.63) is 11.6 Å². The Balaban J connectivity index is 1.46. The lowest BCUT2D eigenvalue weighted by Crippen LogP contribution is -2.50. The van der Waals surface area contributed by atoms with Crippen LogP contribution in [0, 0.1) is 40.4 Å². The summed E-state index contributed by atoms with van der Waals surface area (Å²) in [6, 6.07) is 0. The van der Waals surface area contributed by atoms with Crippen LogP contribution in [0.3, 0.4) is 0 Å². The van der Waals surface area contributed by atoms with Crippen LogP contribution < -0.4 is 0 Å². The Morgan fingerprint density at radius 2 is 1.85 bits per heavy atom. The molecule has 4 aliphatic rings. The van der Waals surface area contributed by atoms with E-state index < -0.39 is 0 Å². The third-order valence-electron chi connectivity index (χ3n) is 9.86. The first-order chi connectivity index (χ1) is 12.8. The molecule has 4 rings (SSSR count). The molecule has 1 nitrogen and oxygen atoms in total. The molecule has 0 aromatic carbocycles. The maximum atomic E-state index is 10.2. The number of allylic oxidation sites excluding steroid dienone is 1. The fourth-order valence-corrected chi connectivity index (χ4v) is 8.17. The van der Waals surface area contributed by atoms with Crippen molar-refractivity contribution in [2.45, 2.75) is 111 Å². The van der Waals surface area contributed by atoms with Gasteiger partial charge in [-0.15, -0.1) is 0 Å². The Morgan fingerprint density at radius 1 is 1.04 bits per heavy atom. The Hall–Kier alpha value is -0.300. The van der Waals surface area contributed by atoms with Gasteiger partial charge in [-0.05, 0) is 98.2 Å². The van der Waals surface area contributed by atoms with Gasteiger partial charge in [0.05, 0.1) is 6.10 Å². The summed E-state index contributed by atoms with van der Waals surface area (Å²) in [6.07, 6.45) is 18.7. The molecule has 0 bridgehead atoms. The smallest absolute Gasteiger partial charge is 0.0577 e. The number of hydrogen-bond donors (Lipinski definition) is 1. The molecule has 0 saturated heterocycles. The molecular formula is C26H44O. The molecule has 0 heterocycles. The molecule has 0 spiro atoms. The summed E-state index contributed by atoms with van der Waals surface area (Å²) in [4.78, 5) is 0. The average Bonchev–Trinajstić information content (AvgIpc) is 2.96. The minimum atomic E-state index is -0.0727. The molecule has 0 radical (unpaired) electrons. The van der Waals surface area contributed by atoms with Gasteiger partial charge in [-0.25, -0.2) is 0 Å². The van der Waals surface area contributed by atoms with Crippen molar-refractivity contribution in [2.24, 2.45) is 40.4 Å². The predicted octanol–water partition coefficient (Wildman–Crippen LogP) is 7.14. The van der Waals surface area contributed by atoms with Gasteiger partial charge in [0.15, 0.2) is 0 Å². The maximum Gasteiger partial charge on any atom is 0.0577 e. The molecule has 154 valence electrons. The first-order valence-corrected chi connectivity index (χ1v) is 12.2. The molecule has 1 heteroatoms. The van der Waals surface area contributed by atoms with Crippen molar-refractivity contribution >= 4 is 0 Å². The van der Waals surface area contributed by atoms with E-state index in [-0.39, 0.29) is 6.10 Å². The second-order valence-electron chi connectivity index (χ2n) is 11.7. The molecule has 1 N–H and O–H groups in total. The van der Waals surface area contributed by atoms with Crippen LogP contribution in [0.4, 0.5) is 0 Å². The van der Waals surface area contributed by atoms with Gasteiger partial charge in [-0.3, -0.25) is 0 Å². The van der Waals surface area contributed by atoms with E-state index in [9.17, 15) is 5.11 Å². The number of rotatable bonds is 5. The molecule has 0 aromatic rings. The monoisotopic (exact) mass is 372 g/mol. The van der Waals surface area contributed by atoms with Crippen LogP contribution in [0.1, 0.15) is 105 Å². The topological polar surface area (TPSA) is 20.2 Å². The number of aliphatic hydroxyl groups excluding tert-OH is 1. The zero-order chi connectivity index (χ0) is 19.2. The minimum Gasteiger partial charge on any atom is -0.393 e. The lowest BCUT2D eigenvalue weighted by atomic mass is 9.47. The van der Waals surface area contributed by atoms with Gasteiger partial charge in [0.1, 0.15) is 0 Å². The second kappa shape index (κ2) is 7.51. The summed E-state index contributed by atoms with van der Waals surface area (Å²) in [6.45, 7) is 9.97. The molecule has 7 atom stereocenters. The standard InChI is InChI=1S/C26H44O/c1-18(2)7-5-6-8-19-10-12-23-22-11-9-20-17-21(27)13-15-26(20,4)24(22)14-16-25(19,23)3/h9,18-19,21-24,27H,5-8,10-17H2,1-4H3/t19-,21?,22-,23-,24-,25+,26-/m0/s1. The SMILES string of the molecule is CC(C)CCCC[C@H]1CC[C@H]2[C@@H]3CC=C4CC(O)CC[C@]4(C)[C@H]3CC[C@]12C. The van der Waals surface area contributed by atoms with E-state index in [1.807, 2.05) is 0 Å². The molecule has 0 aliphatic heterocycles. The van der Waals surface area contributed by atoms with E-state index in [0.717, 1.165) is 42.4 Å². The van der Waals surface area contributed by atoms with Crippen molar-refractivity contribution in [1.82, 2.24) is 0 Å². The van der Waals surface area contributed by atoms with Crippen molar-refractivity contribution < 1.29 is 5.11 Å². The van der Waals surface area contributed by atoms with E-state index in [1.54, 1.807) is 5.57 Å². The van der Waals surface area contributed by atoms with Crippen LogP contribution in [-0.2, 0) is 0 Å². The molecule has 0 amide bonds. The van der Waals surface area contributed by atoms with E-state index in [0.29, 0.717) is 10.8 Å². The average molecular weight is 373 g/mol. The molecule has 4 aliphatic carbocycles. The lowest BCUT2D eigenvalue weighted by molar-refractivity contribution is -0.0508.